The Morgan fingerprint density at radius 3 is 2.17 bits per heavy atom. The van der Waals surface area contributed by atoms with Gasteiger partial charge in [0.1, 0.15) is 0 Å². The molecule has 104 valence electrons. The van der Waals surface area contributed by atoms with Crippen molar-refractivity contribution in [1.29, 1.82) is 0 Å². The number of ether oxygens (including phenoxy) is 1. The van der Waals surface area contributed by atoms with Crippen molar-refractivity contribution in [2.24, 2.45) is 0 Å². The minimum atomic E-state index is -2.53. The van der Waals surface area contributed by atoms with Crippen LogP contribution in [0.2, 0.25) is 6.04 Å². The summed E-state index contributed by atoms with van der Waals surface area (Å²) < 4.78 is 20.6. The van der Waals surface area contributed by atoms with Crippen LogP contribution in [0.25, 0.3) is 5.53 Å². The first-order chi connectivity index (χ1) is 8.55. The van der Waals surface area contributed by atoms with Gasteiger partial charge in [-0.05, 0) is 12.8 Å². The third-order valence-corrected chi connectivity index (χ3v) is 5.32. The zero-order chi connectivity index (χ0) is 14.0. The maximum atomic E-state index is 11.1. The van der Waals surface area contributed by atoms with E-state index < -0.39 is 14.8 Å². The Kier molecular flexibility index (Phi) is 8.43. The summed E-state index contributed by atoms with van der Waals surface area (Å²) in [6.45, 7) is 1.63. The van der Waals surface area contributed by atoms with Crippen molar-refractivity contribution in [3.8, 4) is 0 Å². The predicted molar refractivity (Wildman–Crippen MR) is 66.1 cm³/mol. The van der Waals surface area contributed by atoms with Crippen LogP contribution in [0.3, 0.4) is 0 Å². The van der Waals surface area contributed by atoms with Gasteiger partial charge in [-0.3, -0.25) is 0 Å². The Bertz CT molecular complexity index is 305. The first-order valence-electron chi connectivity index (χ1n) is 5.56. The molecule has 7 nitrogen and oxygen atoms in total. The van der Waals surface area contributed by atoms with E-state index in [0.29, 0.717) is 12.5 Å². The zero-order valence-corrected chi connectivity index (χ0v) is 12.3. The number of hydrogen-bond donors (Lipinski definition) is 0. The second kappa shape index (κ2) is 8.95. The molecule has 0 bridgehead atoms. The lowest BCUT2D eigenvalue weighted by atomic mass is 10.3. The average molecular weight is 276 g/mol. The van der Waals surface area contributed by atoms with Gasteiger partial charge in [-0.2, -0.15) is 4.79 Å². The van der Waals surface area contributed by atoms with Crippen LogP contribution < -0.4 is 0 Å². The molecule has 0 amide bonds. The van der Waals surface area contributed by atoms with Crippen LogP contribution in [0.4, 0.5) is 0 Å². The van der Waals surface area contributed by atoms with Crippen molar-refractivity contribution in [1.82, 2.24) is 0 Å². The number of esters is 1. The van der Waals surface area contributed by atoms with Gasteiger partial charge in [0.05, 0.1) is 6.61 Å². The summed E-state index contributed by atoms with van der Waals surface area (Å²) in [5.74, 6) is -0.619. The fraction of sp³-hybridized carbons (Fsp3) is 0.800. The van der Waals surface area contributed by atoms with Gasteiger partial charge in [-0.1, -0.05) is 0 Å². The maximum absolute atomic E-state index is 11.1. The molecular weight excluding hydrogens is 256 g/mol. The molecule has 0 aromatic carbocycles. The molecule has 0 fully saturated rings. The van der Waals surface area contributed by atoms with Crippen molar-refractivity contribution in [2.75, 3.05) is 27.9 Å². The first kappa shape index (κ1) is 16.9. The largest absolute Gasteiger partial charge is 0.500 e. The van der Waals surface area contributed by atoms with Gasteiger partial charge in [0.15, 0.2) is 0 Å². The van der Waals surface area contributed by atoms with E-state index in [0.717, 1.165) is 6.42 Å². The third-order valence-electron chi connectivity index (χ3n) is 2.49. The van der Waals surface area contributed by atoms with Crippen molar-refractivity contribution in [2.45, 2.75) is 25.8 Å². The van der Waals surface area contributed by atoms with E-state index in [9.17, 15) is 4.79 Å². The summed E-state index contributed by atoms with van der Waals surface area (Å²) in [6, 6.07) is 0.654. The molecule has 0 N–H and O–H groups in total. The molecule has 0 aromatic heterocycles. The summed E-state index contributed by atoms with van der Waals surface area (Å²) in [4.78, 5) is 13.9. The molecule has 8 heteroatoms. The number of nitrogens with zero attached hydrogens (tertiary/aromatic N) is 2. The highest BCUT2D eigenvalue weighted by molar-refractivity contribution is 6.60. The summed E-state index contributed by atoms with van der Waals surface area (Å²) in [6.07, 6.45) is 1.42. The monoisotopic (exact) mass is 276 g/mol. The van der Waals surface area contributed by atoms with Crippen LogP contribution in [0.15, 0.2) is 0 Å². The fourth-order valence-electron chi connectivity index (χ4n) is 1.31. The number of hydrogen-bond acceptors (Lipinski definition) is 5. The standard InChI is InChI=1S/C10H20N2O5Si/c1-9(12-11)10(13)17-7-5-6-8-18(14-2,15-3)16-4/h5-8H2,1-4H3. The highest BCUT2D eigenvalue weighted by atomic mass is 28.4. The quantitative estimate of drug-likeness (QED) is 0.156. The van der Waals surface area contributed by atoms with Crippen molar-refractivity contribution >= 4 is 20.5 Å². The molecule has 0 aliphatic rings. The predicted octanol–water partition coefficient (Wildman–Crippen LogP) is 0.879. The molecule has 0 aromatic rings. The Morgan fingerprint density at radius 2 is 1.72 bits per heavy atom. The summed E-state index contributed by atoms with van der Waals surface area (Å²) in [5, 5.41) is 0. The van der Waals surface area contributed by atoms with E-state index in [2.05, 4.69) is 4.79 Å². The molecule has 0 aliphatic heterocycles. The third kappa shape index (κ3) is 5.52. The molecule has 0 aliphatic carbocycles. The van der Waals surface area contributed by atoms with E-state index in [4.69, 9.17) is 23.5 Å². The molecular formula is C10H20N2O5Si. The summed E-state index contributed by atoms with van der Waals surface area (Å²) >= 11 is 0. The molecule has 0 heterocycles. The lowest BCUT2D eigenvalue weighted by Gasteiger charge is -2.24. The number of carbonyl (C=O) groups excluding carboxylic acids is 1. The first-order valence-corrected chi connectivity index (χ1v) is 7.49. The van der Waals surface area contributed by atoms with E-state index >= 15 is 0 Å². The van der Waals surface area contributed by atoms with Gasteiger partial charge in [0.25, 0.3) is 0 Å². The number of carbonyl (C=O) groups is 1. The van der Waals surface area contributed by atoms with Gasteiger partial charge in [0.2, 0.25) is 0 Å². The Hall–Kier alpha value is -1.05. The van der Waals surface area contributed by atoms with Crippen LogP contribution in [0.1, 0.15) is 19.8 Å². The van der Waals surface area contributed by atoms with Gasteiger partial charge >= 0.3 is 20.5 Å². The average Bonchev–Trinajstić information content (AvgIpc) is 2.42. The summed E-state index contributed by atoms with van der Waals surface area (Å²) in [5.41, 5.74) is 8.29. The van der Waals surface area contributed by atoms with E-state index in [-0.39, 0.29) is 12.3 Å². The van der Waals surface area contributed by atoms with Gasteiger partial charge in [-0.15, -0.1) is 0 Å². The Labute approximate surface area is 108 Å². The maximum Gasteiger partial charge on any atom is 0.500 e. The topological polar surface area (TPSA) is 90.4 Å². The van der Waals surface area contributed by atoms with Gasteiger partial charge < -0.3 is 23.5 Å². The molecule has 18 heavy (non-hydrogen) atoms. The van der Waals surface area contributed by atoms with E-state index in [1.807, 2.05) is 0 Å². The molecule has 0 atom stereocenters. The Balaban J connectivity index is 3.87. The molecule has 0 radical (unpaired) electrons. The van der Waals surface area contributed by atoms with E-state index in [1.54, 1.807) is 21.3 Å². The minimum Gasteiger partial charge on any atom is -0.457 e. The summed E-state index contributed by atoms with van der Waals surface area (Å²) in [7, 11) is 2.14. The second-order valence-corrected chi connectivity index (χ2v) is 6.66. The number of rotatable bonds is 9. The zero-order valence-electron chi connectivity index (χ0n) is 11.3. The molecule has 0 rings (SSSR count). The lowest BCUT2D eigenvalue weighted by Crippen LogP contribution is -2.42. The van der Waals surface area contributed by atoms with Crippen molar-refractivity contribution < 1.29 is 27.6 Å². The van der Waals surface area contributed by atoms with Crippen molar-refractivity contribution in [3.05, 3.63) is 5.53 Å². The molecule has 0 unspecified atom stereocenters. The Morgan fingerprint density at radius 1 is 1.17 bits per heavy atom. The smallest absolute Gasteiger partial charge is 0.457 e. The SMILES string of the molecule is CO[Si](CCCCOC(=O)C(C)=[N+]=[N-])(OC)OC. The van der Waals surface area contributed by atoms with Crippen LogP contribution in [-0.4, -0.2) is 53.2 Å². The fourth-order valence-corrected chi connectivity index (χ4v) is 3.11. The van der Waals surface area contributed by atoms with Crippen molar-refractivity contribution in [3.63, 3.8) is 0 Å². The van der Waals surface area contributed by atoms with E-state index in [1.165, 1.54) is 6.92 Å². The lowest BCUT2D eigenvalue weighted by molar-refractivity contribution is -0.140. The molecule has 0 saturated carbocycles. The number of unbranched alkanes of at least 4 members (excludes halogenated alkanes) is 1. The molecule has 0 saturated heterocycles. The van der Waals surface area contributed by atoms with Crippen LogP contribution >= 0.6 is 0 Å². The van der Waals surface area contributed by atoms with Crippen LogP contribution in [0, 0.1) is 0 Å². The normalized spacial score (nSPS) is 10.9. The van der Waals surface area contributed by atoms with Crippen LogP contribution in [-0.2, 0) is 22.8 Å². The highest BCUT2D eigenvalue weighted by Gasteiger charge is 2.36. The minimum absolute atomic E-state index is 0.0654. The van der Waals surface area contributed by atoms with Gasteiger partial charge in [-0.25, -0.2) is 4.79 Å². The highest BCUT2D eigenvalue weighted by Crippen LogP contribution is 2.16. The molecule has 0 spiro atoms. The van der Waals surface area contributed by atoms with Gasteiger partial charge in [0, 0.05) is 34.3 Å². The van der Waals surface area contributed by atoms with Crippen LogP contribution in [0.5, 0.6) is 0 Å². The second-order valence-electron chi connectivity index (χ2n) is 3.57.